The first-order chi connectivity index (χ1) is 11.6. The van der Waals surface area contributed by atoms with Crippen LogP contribution >= 0.6 is 15.9 Å². The summed E-state index contributed by atoms with van der Waals surface area (Å²) >= 11 is 3.37. The number of carbonyl (C=O) groups is 2. The fraction of sp³-hybridized carbons (Fsp3) is 0.176. The van der Waals surface area contributed by atoms with E-state index in [9.17, 15) is 9.59 Å². The van der Waals surface area contributed by atoms with Gasteiger partial charge in [-0.2, -0.15) is 0 Å². The normalized spacial score (nSPS) is 12.6. The van der Waals surface area contributed by atoms with Gasteiger partial charge in [0.2, 0.25) is 5.91 Å². The van der Waals surface area contributed by atoms with Gasteiger partial charge in [-0.3, -0.25) is 9.59 Å². The van der Waals surface area contributed by atoms with Crippen LogP contribution in [0.4, 0.5) is 5.69 Å². The maximum absolute atomic E-state index is 12.9. The Morgan fingerprint density at radius 2 is 1.75 bits per heavy atom. The number of ether oxygens (including phenoxy) is 2. The maximum atomic E-state index is 12.9. The molecule has 2 aromatic carbocycles. The Morgan fingerprint density at radius 1 is 1.08 bits per heavy atom. The van der Waals surface area contributed by atoms with Crippen LogP contribution in [0.15, 0.2) is 40.9 Å². The van der Waals surface area contributed by atoms with Crippen LogP contribution in [-0.4, -0.2) is 31.4 Å². The molecule has 7 heteroatoms. The standard InChI is InChI=1S/C17H15BrN2O4/c18-12-4-2-1-3-10(12)17(22)11-7-14-15(24-6-5-23-14)8-13(11)20-16(21)9-19/h1-4,7-8H,5-6,9,19H2,(H,20,21). The van der Waals surface area contributed by atoms with Crippen LogP contribution in [0.25, 0.3) is 0 Å². The van der Waals surface area contributed by atoms with E-state index in [0.29, 0.717) is 46.0 Å². The Balaban J connectivity index is 2.08. The number of hydrogen-bond donors (Lipinski definition) is 2. The number of benzene rings is 2. The fourth-order valence-electron chi connectivity index (χ4n) is 2.37. The zero-order valence-electron chi connectivity index (χ0n) is 12.7. The monoisotopic (exact) mass is 390 g/mol. The number of rotatable bonds is 4. The van der Waals surface area contributed by atoms with Crippen molar-refractivity contribution in [3.63, 3.8) is 0 Å². The smallest absolute Gasteiger partial charge is 0.238 e. The van der Waals surface area contributed by atoms with Crippen molar-refractivity contribution in [3.8, 4) is 11.5 Å². The molecule has 0 aromatic heterocycles. The van der Waals surface area contributed by atoms with Crippen LogP contribution in [0.5, 0.6) is 11.5 Å². The Hall–Kier alpha value is -2.38. The number of halogens is 1. The number of fused-ring (bicyclic) bond motifs is 1. The minimum absolute atomic E-state index is 0.183. The lowest BCUT2D eigenvalue weighted by atomic mass is 10.0. The van der Waals surface area contributed by atoms with Gasteiger partial charge in [-0.15, -0.1) is 0 Å². The molecule has 24 heavy (non-hydrogen) atoms. The third kappa shape index (κ3) is 3.27. The largest absolute Gasteiger partial charge is 0.486 e. The summed E-state index contributed by atoms with van der Waals surface area (Å²) in [5.74, 6) is 0.319. The first-order valence-electron chi connectivity index (χ1n) is 7.33. The number of carbonyl (C=O) groups excluding carboxylic acids is 2. The third-order valence-corrected chi connectivity index (χ3v) is 4.20. The number of ketones is 1. The quantitative estimate of drug-likeness (QED) is 0.781. The van der Waals surface area contributed by atoms with Crippen LogP contribution < -0.4 is 20.5 Å². The molecule has 1 aliphatic heterocycles. The van der Waals surface area contributed by atoms with Crippen LogP contribution in [0.1, 0.15) is 15.9 Å². The van der Waals surface area contributed by atoms with E-state index in [4.69, 9.17) is 15.2 Å². The first-order valence-corrected chi connectivity index (χ1v) is 8.12. The van der Waals surface area contributed by atoms with Crippen molar-refractivity contribution in [2.24, 2.45) is 5.73 Å². The summed E-state index contributed by atoms with van der Waals surface area (Å²) in [5.41, 5.74) is 6.50. The second-order valence-electron chi connectivity index (χ2n) is 5.10. The summed E-state index contributed by atoms with van der Waals surface area (Å²) in [6, 6.07) is 10.3. The zero-order chi connectivity index (χ0) is 17.1. The predicted molar refractivity (Wildman–Crippen MR) is 92.7 cm³/mol. The summed E-state index contributed by atoms with van der Waals surface area (Å²) in [7, 11) is 0. The van der Waals surface area contributed by atoms with Gasteiger partial charge in [0.15, 0.2) is 17.3 Å². The molecule has 0 atom stereocenters. The molecule has 0 unspecified atom stereocenters. The summed E-state index contributed by atoms with van der Waals surface area (Å²) in [6.07, 6.45) is 0. The molecule has 0 spiro atoms. The molecule has 1 amide bonds. The van der Waals surface area contributed by atoms with Gasteiger partial charge in [-0.25, -0.2) is 0 Å². The molecular formula is C17H15BrN2O4. The van der Waals surface area contributed by atoms with Gasteiger partial charge in [0, 0.05) is 16.1 Å². The van der Waals surface area contributed by atoms with E-state index in [0.717, 1.165) is 0 Å². The van der Waals surface area contributed by atoms with E-state index in [1.54, 1.807) is 30.3 Å². The second kappa shape index (κ2) is 7.02. The number of nitrogens with two attached hydrogens (primary N) is 1. The molecule has 124 valence electrons. The van der Waals surface area contributed by atoms with E-state index in [1.165, 1.54) is 0 Å². The van der Waals surface area contributed by atoms with Crippen molar-refractivity contribution < 1.29 is 19.1 Å². The molecule has 0 radical (unpaired) electrons. The summed E-state index contributed by atoms with van der Waals surface area (Å²) in [5, 5.41) is 2.64. The second-order valence-corrected chi connectivity index (χ2v) is 5.96. The molecule has 0 bridgehead atoms. The van der Waals surface area contributed by atoms with Gasteiger partial charge in [-0.05, 0) is 18.2 Å². The fourth-order valence-corrected chi connectivity index (χ4v) is 2.84. The molecule has 0 saturated heterocycles. The van der Waals surface area contributed by atoms with Crippen molar-refractivity contribution >= 4 is 33.3 Å². The van der Waals surface area contributed by atoms with Crippen LogP contribution in [0.2, 0.25) is 0 Å². The number of nitrogens with one attached hydrogen (secondary N) is 1. The minimum atomic E-state index is -0.396. The van der Waals surface area contributed by atoms with Gasteiger partial charge >= 0.3 is 0 Å². The topological polar surface area (TPSA) is 90.7 Å². The van der Waals surface area contributed by atoms with Gasteiger partial charge in [0.1, 0.15) is 13.2 Å². The Bertz CT molecular complexity index is 807. The van der Waals surface area contributed by atoms with Crippen LogP contribution in [0.3, 0.4) is 0 Å². The van der Waals surface area contributed by atoms with Crippen molar-refractivity contribution in [3.05, 3.63) is 52.0 Å². The lowest BCUT2D eigenvalue weighted by Crippen LogP contribution is -2.24. The van der Waals surface area contributed by atoms with Gasteiger partial charge in [0.25, 0.3) is 0 Å². The SMILES string of the molecule is NCC(=O)Nc1cc2c(cc1C(=O)c1ccccc1Br)OCCO2. The highest BCUT2D eigenvalue weighted by molar-refractivity contribution is 9.10. The van der Waals surface area contributed by atoms with Crippen molar-refractivity contribution in [2.45, 2.75) is 0 Å². The van der Waals surface area contributed by atoms with E-state index in [1.807, 2.05) is 6.07 Å². The number of anilines is 1. The Labute approximate surface area is 147 Å². The van der Waals surface area contributed by atoms with Gasteiger partial charge < -0.3 is 20.5 Å². The summed E-state index contributed by atoms with van der Waals surface area (Å²) in [6.45, 7) is 0.635. The third-order valence-electron chi connectivity index (χ3n) is 3.50. The molecule has 0 aliphatic carbocycles. The molecule has 6 nitrogen and oxygen atoms in total. The van der Waals surface area contributed by atoms with E-state index in [-0.39, 0.29) is 12.3 Å². The average Bonchev–Trinajstić information content (AvgIpc) is 2.61. The zero-order valence-corrected chi connectivity index (χ0v) is 14.3. The van der Waals surface area contributed by atoms with Gasteiger partial charge in [0.05, 0.1) is 17.8 Å². The van der Waals surface area contributed by atoms with Gasteiger partial charge in [-0.1, -0.05) is 28.1 Å². The molecule has 0 fully saturated rings. The molecule has 2 aromatic rings. The van der Waals surface area contributed by atoms with Crippen LogP contribution in [-0.2, 0) is 4.79 Å². The summed E-state index contributed by atoms with van der Waals surface area (Å²) in [4.78, 5) is 24.6. The first kappa shape index (κ1) is 16.5. The predicted octanol–water partition coefficient (Wildman–Crippen LogP) is 2.35. The summed E-state index contributed by atoms with van der Waals surface area (Å²) < 4.78 is 11.7. The van der Waals surface area contributed by atoms with E-state index >= 15 is 0 Å². The highest BCUT2D eigenvalue weighted by atomic mass is 79.9. The molecule has 1 heterocycles. The highest BCUT2D eigenvalue weighted by Crippen LogP contribution is 2.37. The number of hydrogen-bond acceptors (Lipinski definition) is 5. The Kier molecular flexibility index (Phi) is 4.82. The van der Waals surface area contributed by atoms with E-state index in [2.05, 4.69) is 21.2 Å². The van der Waals surface area contributed by atoms with Crippen molar-refractivity contribution in [1.82, 2.24) is 0 Å². The Morgan fingerprint density at radius 3 is 2.42 bits per heavy atom. The lowest BCUT2D eigenvalue weighted by Gasteiger charge is -2.21. The minimum Gasteiger partial charge on any atom is -0.486 e. The average molecular weight is 391 g/mol. The lowest BCUT2D eigenvalue weighted by molar-refractivity contribution is -0.114. The van der Waals surface area contributed by atoms with Crippen LogP contribution in [0, 0.1) is 0 Å². The molecule has 1 aliphatic rings. The highest BCUT2D eigenvalue weighted by Gasteiger charge is 2.22. The molecule has 3 rings (SSSR count). The van der Waals surface area contributed by atoms with E-state index < -0.39 is 5.91 Å². The molecule has 0 saturated carbocycles. The van der Waals surface area contributed by atoms with Crippen molar-refractivity contribution in [1.29, 1.82) is 0 Å². The maximum Gasteiger partial charge on any atom is 0.238 e. The molecular weight excluding hydrogens is 376 g/mol. The number of amides is 1. The molecule has 3 N–H and O–H groups in total. The van der Waals surface area contributed by atoms with Crippen molar-refractivity contribution in [2.75, 3.05) is 25.1 Å².